The number of ether oxygens (including phenoxy) is 1. The number of carbonyl (C=O) groups excluding carboxylic acids is 1. The van der Waals surface area contributed by atoms with Gasteiger partial charge in [0.05, 0.1) is 35.3 Å². The number of hydrogen-bond acceptors (Lipinski definition) is 8. The second kappa shape index (κ2) is 8.30. The molecule has 1 aromatic heterocycles. The summed E-state index contributed by atoms with van der Waals surface area (Å²) >= 11 is 0. The molecule has 0 bridgehead atoms. The highest BCUT2D eigenvalue weighted by molar-refractivity contribution is 7.89. The molecule has 0 saturated carbocycles. The molecule has 0 saturated heterocycles. The molecule has 1 amide bonds. The third-order valence-electron chi connectivity index (χ3n) is 4.23. The van der Waals surface area contributed by atoms with Gasteiger partial charge < -0.3 is 4.74 Å². The van der Waals surface area contributed by atoms with Crippen LogP contribution in [0.1, 0.15) is 17.8 Å². The van der Waals surface area contributed by atoms with Crippen molar-refractivity contribution >= 4 is 15.9 Å². The van der Waals surface area contributed by atoms with Crippen molar-refractivity contribution in [2.75, 3.05) is 6.61 Å². The van der Waals surface area contributed by atoms with Gasteiger partial charge in [-0.25, -0.2) is 13.9 Å². The van der Waals surface area contributed by atoms with Crippen LogP contribution in [-0.2, 0) is 27.8 Å². The SMILES string of the molecule is N#CCCOc1ccc(S(=O)(=O)N2Cc3nccnc3CC2C(=O)NO)cc1. The Bertz CT molecular complexity index is 1000. The summed E-state index contributed by atoms with van der Waals surface area (Å²) in [5.41, 5.74) is 2.47. The molecule has 146 valence electrons. The van der Waals surface area contributed by atoms with E-state index in [0.29, 0.717) is 17.1 Å². The maximum Gasteiger partial charge on any atom is 0.262 e. The molecular formula is C17H17N5O5S. The lowest BCUT2D eigenvalue weighted by Gasteiger charge is -2.33. The fourth-order valence-electron chi connectivity index (χ4n) is 2.85. The van der Waals surface area contributed by atoms with Gasteiger partial charge in [0.1, 0.15) is 18.4 Å². The van der Waals surface area contributed by atoms with E-state index in [1.807, 2.05) is 6.07 Å². The van der Waals surface area contributed by atoms with Crippen LogP contribution in [-0.4, -0.2) is 46.5 Å². The number of nitriles is 1. The minimum Gasteiger partial charge on any atom is -0.493 e. The topological polar surface area (TPSA) is 146 Å². The fourth-order valence-corrected chi connectivity index (χ4v) is 4.40. The number of fused-ring (bicyclic) bond motifs is 1. The zero-order valence-corrected chi connectivity index (χ0v) is 15.5. The third kappa shape index (κ3) is 3.94. The molecule has 0 radical (unpaired) electrons. The number of benzene rings is 1. The molecule has 0 aliphatic carbocycles. The average Bonchev–Trinajstić information content (AvgIpc) is 2.72. The van der Waals surface area contributed by atoms with E-state index in [4.69, 9.17) is 15.2 Å². The Labute approximate surface area is 161 Å². The second-order valence-electron chi connectivity index (χ2n) is 5.92. The van der Waals surface area contributed by atoms with E-state index in [1.165, 1.54) is 42.1 Å². The zero-order valence-electron chi connectivity index (χ0n) is 14.6. The first-order chi connectivity index (χ1) is 13.5. The summed E-state index contributed by atoms with van der Waals surface area (Å²) in [6.45, 7) is 0.0485. The Morgan fingerprint density at radius 1 is 1.29 bits per heavy atom. The molecule has 2 aromatic rings. The lowest BCUT2D eigenvalue weighted by Crippen LogP contribution is -2.52. The Kier molecular flexibility index (Phi) is 5.84. The fraction of sp³-hybridized carbons (Fsp3) is 0.294. The molecule has 1 aliphatic rings. The van der Waals surface area contributed by atoms with E-state index in [9.17, 15) is 13.2 Å². The molecule has 0 fully saturated rings. The van der Waals surface area contributed by atoms with Crippen molar-refractivity contribution in [3.8, 4) is 11.8 Å². The second-order valence-corrected chi connectivity index (χ2v) is 7.81. The molecule has 11 heteroatoms. The summed E-state index contributed by atoms with van der Waals surface area (Å²) in [6.07, 6.45) is 3.11. The normalized spacial score (nSPS) is 16.6. The number of nitrogens with one attached hydrogen (secondary N) is 1. The van der Waals surface area contributed by atoms with E-state index in [-0.39, 0.29) is 30.9 Å². The standard InChI is InChI=1S/C17H17N5O5S/c18-6-1-9-27-12-2-4-13(5-3-12)28(25,26)22-11-15-14(19-7-8-20-15)10-16(22)17(23)21-24/h2-5,7-8,16,24H,1,9-11H2,(H,21,23). The predicted molar refractivity (Wildman–Crippen MR) is 94.3 cm³/mol. The quantitative estimate of drug-likeness (QED) is 0.400. The first-order valence-electron chi connectivity index (χ1n) is 8.31. The van der Waals surface area contributed by atoms with Crippen LogP contribution in [0.25, 0.3) is 0 Å². The summed E-state index contributed by atoms with van der Waals surface area (Å²) in [6, 6.07) is 6.45. The molecule has 2 heterocycles. The number of rotatable bonds is 6. The molecule has 1 aromatic carbocycles. The Balaban J connectivity index is 1.90. The van der Waals surface area contributed by atoms with Crippen molar-refractivity contribution in [3.63, 3.8) is 0 Å². The largest absolute Gasteiger partial charge is 0.493 e. The lowest BCUT2D eigenvalue weighted by molar-refractivity contribution is -0.133. The van der Waals surface area contributed by atoms with Crippen molar-refractivity contribution in [2.24, 2.45) is 0 Å². The van der Waals surface area contributed by atoms with Gasteiger partial charge in [0.25, 0.3) is 5.91 Å². The molecule has 3 rings (SSSR count). The number of nitrogens with zero attached hydrogens (tertiary/aromatic N) is 4. The number of hydroxylamine groups is 1. The van der Waals surface area contributed by atoms with Crippen LogP contribution in [0.2, 0.25) is 0 Å². The van der Waals surface area contributed by atoms with Gasteiger partial charge in [0.2, 0.25) is 10.0 Å². The highest BCUT2D eigenvalue weighted by atomic mass is 32.2. The smallest absolute Gasteiger partial charge is 0.262 e. The van der Waals surface area contributed by atoms with E-state index < -0.39 is 22.0 Å². The van der Waals surface area contributed by atoms with Gasteiger partial charge in [-0.1, -0.05) is 0 Å². The first kappa shape index (κ1) is 19.7. The number of aromatic nitrogens is 2. The molecule has 10 nitrogen and oxygen atoms in total. The molecular weight excluding hydrogens is 386 g/mol. The van der Waals surface area contributed by atoms with Crippen LogP contribution in [0.15, 0.2) is 41.6 Å². The molecule has 1 unspecified atom stereocenters. The third-order valence-corrected chi connectivity index (χ3v) is 6.10. The summed E-state index contributed by atoms with van der Waals surface area (Å²) in [4.78, 5) is 20.3. The zero-order chi connectivity index (χ0) is 20.1. The van der Waals surface area contributed by atoms with Crippen LogP contribution in [0, 0.1) is 11.3 Å². The average molecular weight is 403 g/mol. The molecule has 1 aliphatic heterocycles. The Morgan fingerprint density at radius 2 is 1.96 bits per heavy atom. The number of sulfonamides is 1. The maximum absolute atomic E-state index is 13.1. The van der Waals surface area contributed by atoms with Crippen molar-refractivity contribution < 1.29 is 23.2 Å². The van der Waals surface area contributed by atoms with E-state index in [0.717, 1.165) is 4.31 Å². The highest BCUT2D eigenvalue weighted by Crippen LogP contribution is 2.28. The highest BCUT2D eigenvalue weighted by Gasteiger charge is 2.40. The van der Waals surface area contributed by atoms with Crippen molar-refractivity contribution in [1.82, 2.24) is 19.8 Å². The van der Waals surface area contributed by atoms with Crippen molar-refractivity contribution in [2.45, 2.75) is 30.3 Å². The van der Waals surface area contributed by atoms with Crippen LogP contribution >= 0.6 is 0 Å². The van der Waals surface area contributed by atoms with Crippen LogP contribution in [0.5, 0.6) is 5.75 Å². The predicted octanol–water partition coefficient (Wildman–Crippen LogP) is 0.390. The van der Waals surface area contributed by atoms with Gasteiger partial charge in [-0.15, -0.1) is 0 Å². The summed E-state index contributed by atoms with van der Waals surface area (Å²) in [7, 11) is -4.07. The summed E-state index contributed by atoms with van der Waals surface area (Å²) in [5.74, 6) is -0.426. The number of hydrogen-bond donors (Lipinski definition) is 2. The number of carbonyl (C=O) groups is 1. The summed E-state index contributed by atoms with van der Waals surface area (Å²) < 4.78 is 32.6. The molecule has 1 atom stereocenters. The van der Waals surface area contributed by atoms with Crippen LogP contribution in [0.3, 0.4) is 0 Å². The van der Waals surface area contributed by atoms with Gasteiger partial charge in [-0.2, -0.15) is 9.57 Å². The monoisotopic (exact) mass is 403 g/mol. The van der Waals surface area contributed by atoms with Gasteiger partial charge in [-0.3, -0.25) is 20.0 Å². The molecule has 28 heavy (non-hydrogen) atoms. The lowest BCUT2D eigenvalue weighted by atomic mass is 10.0. The molecule has 2 N–H and O–H groups in total. The van der Waals surface area contributed by atoms with E-state index >= 15 is 0 Å². The van der Waals surface area contributed by atoms with Gasteiger partial charge in [0, 0.05) is 18.8 Å². The van der Waals surface area contributed by atoms with Gasteiger partial charge >= 0.3 is 0 Å². The molecule has 0 spiro atoms. The van der Waals surface area contributed by atoms with Gasteiger partial charge in [-0.05, 0) is 24.3 Å². The van der Waals surface area contributed by atoms with Gasteiger partial charge in [0.15, 0.2) is 0 Å². The van der Waals surface area contributed by atoms with Crippen molar-refractivity contribution in [1.29, 1.82) is 5.26 Å². The van der Waals surface area contributed by atoms with Crippen LogP contribution < -0.4 is 10.2 Å². The van der Waals surface area contributed by atoms with Crippen molar-refractivity contribution in [3.05, 3.63) is 48.0 Å². The maximum atomic E-state index is 13.1. The summed E-state index contributed by atoms with van der Waals surface area (Å²) in [5, 5.41) is 17.6. The van der Waals surface area contributed by atoms with E-state index in [2.05, 4.69) is 9.97 Å². The van der Waals surface area contributed by atoms with Crippen LogP contribution in [0.4, 0.5) is 0 Å². The minimum absolute atomic E-state index is 0.00977. The van der Waals surface area contributed by atoms with E-state index in [1.54, 1.807) is 0 Å². The Hall–Kier alpha value is -3.07. The first-order valence-corrected chi connectivity index (χ1v) is 9.75. The minimum atomic E-state index is -4.07. The number of amides is 1. The Morgan fingerprint density at radius 3 is 2.61 bits per heavy atom.